The number of anilines is 2. The van der Waals surface area contributed by atoms with Crippen LogP contribution in [0.3, 0.4) is 0 Å². The predicted octanol–water partition coefficient (Wildman–Crippen LogP) is 3.35. The lowest BCUT2D eigenvalue weighted by molar-refractivity contribution is 0.628. The van der Waals surface area contributed by atoms with Gasteiger partial charge in [0.05, 0.1) is 0 Å². The number of benzene rings is 2. The molecule has 0 spiro atoms. The topological polar surface area (TPSA) is 29.3 Å². The molecule has 0 amide bonds. The molecule has 5 heteroatoms. The smallest absolute Gasteiger partial charge is 0.175 e. The number of rotatable bonds is 2. The average Bonchev–Trinajstić information content (AvgIpc) is 2.34. The second-order valence-corrected chi connectivity index (χ2v) is 4.04. The van der Waals surface area contributed by atoms with E-state index >= 15 is 0 Å². The summed E-state index contributed by atoms with van der Waals surface area (Å²) in [6, 6.07) is 11.5. The molecule has 0 unspecified atom stereocenters. The first kappa shape index (κ1) is 12.4. The number of nitrogens with two attached hydrogens (primary N) is 1. The van der Waals surface area contributed by atoms with Crippen LogP contribution in [0.25, 0.3) is 0 Å². The maximum absolute atomic E-state index is 12.9. The SMILES string of the molecule is NC(=S)N(c1ccc(F)cc1)c1ccc(F)cc1. The fourth-order valence-corrected chi connectivity index (χ4v) is 1.79. The average molecular weight is 264 g/mol. The summed E-state index contributed by atoms with van der Waals surface area (Å²) in [7, 11) is 0. The lowest BCUT2D eigenvalue weighted by Crippen LogP contribution is -2.31. The van der Waals surface area contributed by atoms with E-state index in [1.165, 1.54) is 29.2 Å². The summed E-state index contributed by atoms with van der Waals surface area (Å²) in [5.74, 6) is -0.693. The van der Waals surface area contributed by atoms with Crippen molar-refractivity contribution < 1.29 is 8.78 Å². The highest BCUT2D eigenvalue weighted by molar-refractivity contribution is 7.80. The third kappa shape index (κ3) is 2.62. The summed E-state index contributed by atoms with van der Waals surface area (Å²) in [5.41, 5.74) is 6.89. The van der Waals surface area contributed by atoms with Crippen molar-refractivity contribution in [2.75, 3.05) is 4.90 Å². The van der Waals surface area contributed by atoms with Crippen molar-refractivity contribution in [2.24, 2.45) is 5.73 Å². The zero-order valence-corrected chi connectivity index (χ0v) is 10.1. The molecule has 2 aromatic carbocycles. The number of thiocarbonyl (C=S) groups is 1. The Labute approximate surface area is 109 Å². The zero-order valence-electron chi connectivity index (χ0n) is 9.31. The van der Waals surface area contributed by atoms with Crippen LogP contribution in [0.2, 0.25) is 0 Å². The Kier molecular flexibility index (Phi) is 3.53. The number of nitrogens with zero attached hydrogens (tertiary/aromatic N) is 1. The van der Waals surface area contributed by atoms with Crippen LogP contribution in [0.4, 0.5) is 20.2 Å². The van der Waals surface area contributed by atoms with Crippen molar-refractivity contribution in [3.05, 3.63) is 60.2 Å². The van der Waals surface area contributed by atoms with E-state index in [0.717, 1.165) is 0 Å². The molecule has 0 aromatic heterocycles. The van der Waals surface area contributed by atoms with Crippen molar-refractivity contribution in [3.63, 3.8) is 0 Å². The van der Waals surface area contributed by atoms with Crippen LogP contribution in [0.5, 0.6) is 0 Å². The Morgan fingerprint density at radius 3 is 1.44 bits per heavy atom. The Morgan fingerprint density at radius 1 is 0.833 bits per heavy atom. The molecule has 0 bridgehead atoms. The van der Waals surface area contributed by atoms with Crippen LogP contribution >= 0.6 is 12.2 Å². The van der Waals surface area contributed by atoms with Gasteiger partial charge in [0.1, 0.15) is 11.6 Å². The first-order valence-electron chi connectivity index (χ1n) is 5.18. The second-order valence-electron chi connectivity index (χ2n) is 3.63. The summed E-state index contributed by atoms with van der Waals surface area (Å²) < 4.78 is 25.7. The third-order valence-electron chi connectivity index (χ3n) is 2.39. The van der Waals surface area contributed by atoms with Gasteiger partial charge in [-0.3, -0.25) is 4.90 Å². The zero-order chi connectivity index (χ0) is 13.1. The molecule has 0 saturated heterocycles. The molecule has 2 rings (SSSR count). The van der Waals surface area contributed by atoms with Crippen LogP contribution in [0.15, 0.2) is 48.5 Å². The van der Waals surface area contributed by atoms with E-state index in [2.05, 4.69) is 0 Å². The van der Waals surface area contributed by atoms with Gasteiger partial charge in [0.15, 0.2) is 5.11 Å². The minimum Gasteiger partial charge on any atom is -0.376 e. The Bertz CT molecular complexity index is 507. The fraction of sp³-hybridized carbons (Fsp3) is 0. The quantitative estimate of drug-likeness (QED) is 0.843. The normalized spacial score (nSPS) is 10.1. The van der Waals surface area contributed by atoms with E-state index in [1.807, 2.05) is 0 Å². The van der Waals surface area contributed by atoms with Crippen LogP contribution in [0, 0.1) is 11.6 Å². The van der Waals surface area contributed by atoms with Crippen LogP contribution in [0.1, 0.15) is 0 Å². The van der Waals surface area contributed by atoms with Crippen molar-refractivity contribution in [2.45, 2.75) is 0 Å². The van der Waals surface area contributed by atoms with Gasteiger partial charge < -0.3 is 5.73 Å². The minimum atomic E-state index is -0.347. The number of halogens is 2. The van der Waals surface area contributed by atoms with E-state index in [-0.39, 0.29) is 16.7 Å². The maximum atomic E-state index is 12.9. The molecule has 0 atom stereocenters. The van der Waals surface area contributed by atoms with Gasteiger partial charge >= 0.3 is 0 Å². The molecule has 0 aliphatic heterocycles. The standard InChI is InChI=1S/C13H10F2N2S/c14-9-1-5-11(6-2-9)17(13(16)18)12-7-3-10(15)4-8-12/h1-8H,(H2,16,18). The monoisotopic (exact) mass is 264 g/mol. The summed E-state index contributed by atoms with van der Waals surface area (Å²) in [5, 5.41) is 0.105. The van der Waals surface area contributed by atoms with Crippen LogP contribution < -0.4 is 10.6 Å². The van der Waals surface area contributed by atoms with Crippen molar-refractivity contribution in [1.82, 2.24) is 0 Å². The lowest BCUT2D eigenvalue weighted by atomic mass is 10.2. The minimum absolute atomic E-state index is 0.105. The highest BCUT2D eigenvalue weighted by Crippen LogP contribution is 2.25. The molecular weight excluding hydrogens is 254 g/mol. The van der Waals surface area contributed by atoms with Gasteiger partial charge in [-0.15, -0.1) is 0 Å². The summed E-state index contributed by atoms with van der Waals surface area (Å²) in [6.45, 7) is 0. The molecule has 18 heavy (non-hydrogen) atoms. The Balaban J connectivity index is 2.43. The van der Waals surface area contributed by atoms with Gasteiger partial charge in [-0.25, -0.2) is 8.78 Å². The first-order chi connectivity index (χ1) is 8.58. The Morgan fingerprint density at radius 2 is 1.17 bits per heavy atom. The van der Waals surface area contributed by atoms with Crippen molar-refractivity contribution >= 4 is 28.7 Å². The third-order valence-corrected chi connectivity index (χ3v) is 2.57. The van der Waals surface area contributed by atoms with E-state index in [0.29, 0.717) is 11.4 Å². The van der Waals surface area contributed by atoms with Crippen LogP contribution in [-0.4, -0.2) is 5.11 Å². The van der Waals surface area contributed by atoms with E-state index < -0.39 is 0 Å². The van der Waals surface area contributed by atoms with E-state index in [9.17, 15) is 8.78 Å². The summed E-state index contributed by atoms with van der Waals surface area (Å²) in [6.07, 6.45) is 0. The second kappa shape index (κ2) is 5.10. The Hall–Kier alpha value is -2.01. The molecule has 2 nitrogen and oxygen atoms in total. The fourth-order valence-electron chi connectivity index (χ4n) is 1.58. The summed E-state index contributed by atoms with van der Waals surface area (Å²) in [4.78, 5) is 1.54. The highest BCUT2D eigenvalue weighted by atomic mass is 32.1. The molecule has 0 radical (unpaired) electrons. The number of hydrogen-bond acceptors (Lipinski definition) is 1. The van der Waals surface area contributed by atoms with Gasteiger partial charge in [0.25, 0.3) is 0 Å². The molecule has 0 fully saturated rings. The molecule has 92 valence electrons. The highest BCUT2D eigenvalue weighted by Gasteiger charge is 2.12. The largest absolute Gasteiger partial charge is 0.376 e. The van der Waals surface area contributed by atoms with Crippen molar-refractivity contribution in [3.8, 4) is 0 Å². The van der Waals surface area contributed by atoms with Gasteiger partial charge in [0.2, 0.25) is 0 Å². The van der Waals surface area contributed by atoms with Crippen molar-refractivity contribution in [1.29, 1.82) is 0 Å². The van der Waals surface area contributed by atoms with E-state index in [1.54, 1.807) is 24.3 Å². The molecule has 0 aliphatic rings. The summed E-state index contributed by atoms with van der Waals surface area (Å²) >= 11 is 4.96. The van der Waals surface area contributed by atoms with Crippen LogP contribution in [-0.2, 0) is 0 Å². The van der Waals surface area contributed by atoms with E-state index in [4.69, 9.17) is 18.0 Å². The van der Waals surface area contributed by atoms with Gasteiger partial charge in [-0.2, -0.15) is 0 Å². The molecule has 0 aliphatic carbocycles. The molecular formula is C13H10F2N2S. The predicted molar refractivity (Wildman–Crippen MR) is 71.7 cm³/mol. The maximum Gasteiger partial charge on any atom is 0.175 e. The first-order valence-corrected chi connectivity index (χ1v) is 5.59. The lowest BCUT2D eigenvalue weighted by Gasteiger charge is -2.22. The van der Waals surface area contributed by atoms with Gasteiger partial charge in [-0.1, -0.05) is 0 Å². The van der Waals surface area contributed by atoms with Gasteiger partial charge in [0, 0.05) is 11.4 Å². The molecule has 2 aromatic rings. The molecule has 0 saturated carbocycles. The molecule has 0 heterocycles. The number of hydrogen-bond donors (Lipinski definition) is 1. The molecule has 2 N–H and O–H groups in total. The van der Waals surface area contributed by atoms with Gasteiger partial charge in [-0.05, 0) is 60.7 Å².